The van der Waals surface area contributed by atoms with E-state index in [-0.39, 0.29) is 14.2 Å². The number of carbonyl (C=O) groups is 1. The van der Waals surface area contributed by atoms with E-state index in [1.165, 1.54) is 0 Å². The second-order valence-corrected chi connectivity index (χ2v) is 4.74. The van der Waals surface area contributed by atoms with Crippen LogP contribution in [0.15, 0.2) is 6.07 Å². The predicted octanol–water partition coefficient (Wildman–Crippen LogP) is 4.19. The summed E-state index contributed by atoms with van der Waals surface area (Å²) in [5, 5.41) is 0. The molecule has 1 nitrogen and oxygen atoms in total. The van der Waals surface area contributed by atoms with Crippen LogP contribution < -0.4 is 0 Å². The highest BCUT2D eigenvalue weighted by molar-refractivity contribution is 7.20. The molecule has 0 N–H and O–H groups in total. The van der Waals surface area contributed by atoms with E-state index in [9.17, 15) is 18.0 Å². The molecule has 0 aromatic carbocycles. The van der Waals surface area contributed by atoms with E-state index >= 15 is 0 Å². The molecule has 0 amide bonds. The summed E-state index contributed by atoms with van der Waals surface area (Å²) in [4.78, 5) is 11.0. The monoisotopic (exact) mass is 262 g/mol. The summed E-state index contributed by atoms with van der Waals surface area (Å²) in [6.45, 7) is 0. The first-order valence-corrected chi connectivity index (χ1v) is 4.91. The van der Waals surface area contributed by atoms with Crippen molar-refractivity contribution < 1.29 is 18.0 Å². The van der Waals surface area contributed by atoms with E-state index in [1.807, 2.05) is 0 Å². The average Bonchev–Trinajstić information content (AvgIpc) is 2.26. The van der Waals surface area contributed by atoms with Gasteiger partial charge in [0.1, 0.15) is 10.8 Å². The first kappa shape index (κ1) is 11.8. The van der Waals surface area contributed by atoms with Crippen molar-refractivity contribution in [3.63, 3.8) is 0 Å². The summed E-state index contributed by atoms with van der Waals surface area (Å²) >= 11 is 11.9. The van der Waals surface area contributed by atoms with Gasteiger partial charge < -0.3 is 0 Å². The van der Waals surface area contributed by atoms with Crippen molar-refractivity contribution in [1.29, 1.82) is 0 Å². The molecule has 0 fully saturated rings. The molecule has 0 spiro atoms. The molecule has 1 heterocycles. The molecule has 0 aliphatic carbocycles. The Morgan fingerprint density at radius 2 is 2.00 bits per heavy atom. The summed E-state index contributed by atoms with van der Waals surface area (Å²) in [7, 11) is 0. The third-order valence-corrected chi connectivity index (χ3v) is 2.81. The second-order valence-electron chi connectivity index (χ2n) is 2.45. The molecule has 0 bridgehead atoms. The van der Waals surface area contributed by atoms with Gasteiger partial charge in [-0.25, -0.2) is 0 Å². The molecule has 78 valence electrons. The number of alkyl halides is 3. The van der Waals surface area contributed by atoms with Crippen LogP contribution in [0.2, 0.25) is 8.67 Å². The molecule has 7 heteroatoms. The Kier molecular flexibility index (Phi) is 3.44. The minimum Gasteiger partial charge on any atom is -0.294 e. The molecule has 1 aromatic heterocycles. The first-order chi connectivity index (χ1) is 6.29. The van der Waals surface area contributed by atoms with Crippen LogP contribution in [0.5, 0.6) is 0 Å². The van der Waals surface area contributed by atoms with Gasteiger partial charge in [0, 0.05) is 5.56 Å². The van der Waals surface area contributed by atoms with Gasteiger partial charge in [0.2, 0.25) is 0 Å². The highest BCUT2D eigenvalue weighted by Crippen LogP contribution is 2.33. The van der Waals surface area contributed by atoms with E-state index in [4.69, 9.17) is 23.2 Å². The molecule has 0 radical (unpaired) electrons. The third-order valence-electron chi connectivity index (χ3n) is 1.32. The summed E-state index contributed by atoms with van der Waals surface area (Å²) in [6.07, 6.45) is -6.03. The number of hydrogen-bond donors (Lipinski definition) is 0. The number of ketones is 1. The van der Waals surface area contributed by atoms with Crippen molar-refractivity contribution in [3.05, 3.63) is 20.3 Å². The largest absolute Gasteiger partial charge is 0.396 e. The van der Waals surface area contributed by atoms with Crippen molar-refractivity contribution in [2.45, 2.75) is 12.6 Å². The summed E-state index contributed by atoms with van der Waals surface area (Å²) in [5.41, 5.74) is -0.168. The molecule has 0 saturated heterocycles. The quantitative estimate of drug-likeness (QED) is 0.731. The summed E-state index contributed by atoms with van der Waals surface area (Å²) < 4.78 is 35.7. The maximum atomic E-state index is 11.8. The molecule has 0 saturated carbocycles. The zero-order valence-electron chi connectivity index (χ0n) is 6.49. The molecular formula is C7H3Cl2F3OS. The fourth-order valence-electron chi connectivity index (χ4n) is 0.808. The van der Waals surface area contributed by atoms with Crippen LogP contribution >= 0.6 is 34.5 Å². The lowest BCUT2D eigenvalue weighted by Crippen LogP contribution is -2.14. The molecule has 14 heavy (non-hydrogen) atoms. The van der Waals surface area contributed by atoms with E-state index in [0.29, 0.717) is 0 Å². The minimum absolute atomic E-state index is 0.00995. The maximum Gasteiger partial charge on any atom is 0.396 e. The Labute approximate surface area is 91.4 Å². The van der Waals surface area contributed by atoms with Crippen LogP contribution in [0.3, 0.4) is 0 Å². The number of Topliss-reactive ketones (excluding diaryl/α,β-unsaturated/α-hetero) is 1. The lowest BCUT2D eigenvalue weighted by molar-refractivity contribution is -0.125. The highest BCUT2D eigenvalue weighted by atomic mass is 35.5. The SMILES string of the molecule is O=C(CC(F)(F)F)c1cc(Cl)sc1Cl. The zero-order valence-corrected chi connectivity index (χ0v) is 8.82. The molecule has 0 aliphatic rings. The van der Waals surface area contributed by atoms with Gasteiger partial charge in [-0.3, -0.25) is 4.79 Å². The second kappa shape index (κ2) is 4.08. The Bertz CT molecular complexity index is 358. The first-order valence-electron chi connectivity index (χ1n) is 3.34. The molecule has 0 aliphatic heterocycles. The molecular weight excluding hydrogens is 260 g/mol. The van der Waals surface area contributed by atoms with Crippen molar-refractivity contribution in [2.24, 2.45) is 0 Å². The third kappa shape index (κ3) is 3.15. The molecule has 0 unspecified atom stereocenters. The van der Waals surface area contributed by atoms with Crippen molar-refractivity contribution in [2.75, 3.05) is 0 Å². The highest BCUT2D eigenvalue weighted by Gasteiger charge is 2.32. The van der Waals surface area contributed by atoms with Crippen LogP contribution in [0, 0.1) is 0 Å². The lowest BCUT2D eigenvalue weighted by atomic mass is 10.1. The lowest BCUT2D eigenvalue weighted by Gasteiger charge is -2.03. The summed E-state index contributed by atoms with van der Waals surface area (Å²) in [5.74, 6) is -1.06. The number of carbonyl (C=O) groups excluding carboxylic acids is 1. The summed E-state index contributed by atoms with van der Waals surface area (Å²) in [6, 6.07) is 1.14. The van der Waals surface area contributed by atoms with Gasteiger partial charge in [0.25, 0.3) is 0 Å². The van der Waals surface area contributed by atoms with E-state index in [1.54, 1.807) is 0 Å². The van der Waals surface area contributed by atoms with Gasteiger partial charge in [-0.15, -0.1) is 11.3 Å². The van der Waals surface area contributed by atoms with Gasteiger partial charge in [-0.1, -0.05) is 23.2 Å². The number of rotatable bonds is 2. The van der Waals surface area contributed by atoms with Crippen LogP contribution in [0.25, 0.3) is 0 Å². The van der Waals surface area contributed by atoms with Crippen molar-refractivity contribution in [3.8, 4) is 0 Å². The van der Waals surface area contributed by atoms with Gasteiger partial charge in [0.05, 0.1) is 4.34 Å². The average molecular weight is 263 g/mol. The number of hydrogen-bond acceptors (Lipinski definition) is 2. The van der Waals surface area contributed by atoms with Crippen LogP contribution in [0.4, 0.5) is 13.2 Å². The van der Waals surface area contributed by atoms with Crippen molar-refractivity contribution >= 4 is 40.3 Å². The Balaban J connectivity index is 2.85. The minimum atomic E-state index is -4.52. The number of thiophene rings is 1. The fraction of sp³-hybridized carbons (Fsp3) is 0.286. The van der Waals surface area contributed by atoms with Gasteiger partial charge in [0.15, 0.2) is 5.78 Å². The van der Waals surface area contributed by atoms with Crippen molar-refractivity contribution in [1.82, 2.24) is 0 Å². The zero-order chi connectivity index (χ0) is 10.9. The van der Waals surface area contributed by atoms with Crippen LogP contribution in [0.1, 0.15) is 16.8 Å². The van der Waals surface area contributed by atoms with E-state index in [2.05, 4.69) is 0 Å². The smallest absolute Gasteiger partial charge is 0.294 e. The standard InChI is InChI=1S/C7H3Cl2F3OS/c8-5-1-3(6(9)14-5)4(13)2-7(10,11)12/h1H,2H2. The Morgan fingerprint density at radius 3 is 2.36 bits per heavy atom. The maximum absolute atomic E-state index is 11.8. The van der Waals surface area contributed by atoms with Crippen LogP contribution in [-0.2, 0) is 0 Å². The Morgan fingerprint density at radius 1 is 1.43 bits per heavy atom. The Hall–Kier alpha value is -0.260. The van der Waals surface area contributed by atoms with Gasteiger partial charge in [-0.2, -0.15) is 13.2 Å². The topological polar surface area (TPSA) is 17.1 Å². The predicted molar refractivity (Wildman–Crippen MR) is 49.3 cm³/mol. The molecule has 1 rings (SSSR count). The van der Waals surface area contributed by atoms with E-state index in [0.717, 1.165) is 17.4 Å². The molecule has 1 aromatic rings. The number of halogens is 5. The fourth-order valence-corrected chi connectivity index (χ4v) is 2.31. The van der Waals surface area contributed by atoms with Gasteiger partial charge >= 0.3 is 6.18 Å². The van der Waals surface area contributed by atoms with Gasteiger partial charge in [-0.05, 0) is 6.07 Å². The van der Waals surface area contributed by atoms with E-state index < -0.39 is 18.4 Å². The molecule has 0 atom stereocenters. The normalized spacial score (nSPS) is 11.8. The van der Waals surface area contributed by atoms with Crippen LogP contribution in [-0.4, -0.2) is 12.0 Å².